The summed E-state index contributed by atoms with van der Waals surface area (Å²) in [5, 5.41) is 10.2. The molecular formula is C25H42IN5O2. The van der Waals surface area contributed by atoms with Gasteiger partial charge in [-0.25, -0.2) is 0 Å². The number of ether oxygens (including phenoxy) is 1. The first-order chi connectivity index (χ1) is 15.6. The van der Waals surface area contributed by atoms with E-state index in [0.717, 1.165) is 57.2 Å². The lowest BCUT2D eigenvalue weighted by molar-refractivity contribution is -0.122. The van der Waals surface area contributed by atoms with E-state index in [1.165, 1.54) is 31.2 Å². The molecule has 7 nitrogen and oxygen atoms in total. The SMILES string of the molecule is CCCNC(=O)CN1CCC(NC(=NC)NCC2(c3cccc(OC)c3)CCCC2)CC1.I. The zero-order valence-electron chi connectivity index (χ0n) is 20.5. The Balaban J connectivity index is 0.00000385. The second-order valence-corrected chi connectivity index (χ2v) is 9.19. The number of benzene rings is 1. The van der Waals surface area contributed by atoms with Crippen LogP contribution in [-0.4, -0.2) is 69.7 Å². The average Bonchev–Trinajstić information content (AvgIpc) is 3.32. The highest BCUT2D eigenvalue weighted by molar-refractivity contribution is 14.0. The Morgan fingerprint density at radius 1 is 1.21 bits per heavy atom. The van der Waals surface area contributed by atoms with Crippen molar-refractivity contribution in [3.8, 4) is 5.75 Å². The number of hydrogen-bond donors (Lipinski definition) is 3. The Hall–Kier alpha value is -1.55. The van der Waals surface area contributed by atoms with Gasteiger partial charge < -0.3 is 20.7 Å². The predicted octanol–water partition coefficient (Wildman–Crippen LogP) is 3.28. The van der Waals surface area contributed by atoms with E-state index in [9.17, 15) is 4.79 Å². The standard InChI is InChI=1S/C25H41N5O2.HI/c1-4-14-27-23(31)18-30-15-10-21(11-16-30)29-24(26-2)28-19-25(12-5-6-13-25)20-8-7-9-22(17-20)32-3;/h7-9,17,21H,4-6,10-16,18-19H2,1-3H3,(H,27,31)(H2,26,28,29);1H. The third-order valence-corrected chi connectivity index (χ3v) is 6.93. The molecule has 8 heteroatoms. The number of amides is 1. The van der Waals surface area contributed by atoms with Crippen molar-refractivity contribution in [1.82, 2.24) is 20.9 Å². The summed E-state index contributed by atoms with van der Waals surface area (Å²) in [6.45, 7) is 6.07. The summed E-state index contributed by atoms with van der Waals surface area (Å²) in [7, 11) is 3.57. The zero-order chi connectivity index (χ0) is 22.8. The van der Waals surface area contributed by atoms with Crippen molar-refractivity contribution in [2.75, 3.05) is 46.9 Å². The molecule has 2 fully saturated rings. The number of rotatable bonds is 9. The van der Waals surface area contributed by atoms with Crippen molar-refractivity contribution in [3.05, 3.63) is 29.8 Å². The van der Waals surface area contributed by atoms with E-state index < -0.39 is 0 Å². The largest absolute Gasteiger partial charge is 0.497 e. The molecule has 1 aliphatic heterocycles. The summed E-state index contributed by atoms with van der Waals surface area (Å²) >= 11 is 0. The first kappa shape index (κ1) is 27.7. The fraction of sp³-hybridized carbons (Fsp3) is 0.680. The van der Waals surface area contributed by atoms with E-state index in [1.54, 1.807) is 7.11 Å². The van der Waals surface area contributed by atoms with Crippen LogP contribution in [0.5, 0.6) is 5.75 Å². The number of hydrogen-bond acceptors (Lipinski definition) is 4. The number of nitrogens with one attached hydrogen (secondary N) is 3. The molecule has 1 saturated carbocycles. The van der Waals surface area contributed by atoms with Crippen LogP contribution in [0.15, 0.2) is 29.3 Å². The van der Waals surface area contributed by atoms with Crippen molar-refractivity contribution in [2.45, 2.75) is 63.3 Å². The second-order valence-electron chi connectivity index (χ2n) is 9.19. The molecule has 1 aromatic rings. The van der Waals surface area contributed by atoms with Crippen LogP contribution < -0.4 is 20.7 Å². The van der Waals surface area contributed by atoms with E-state index in [1.807, 2.05) is 13.1 Å². The van der Waals surface area contributed by atoms with Gasteiger partial charge in [-0.15, -0.1) is 24.0 Å². The molecule has 0 aromatic heterocycles. The van der Waals surface area contributed by atoms with Crippen LogP contribution >= 0.6 is 24.0 Å². The van der Waals surface area contributed by atoms with Crippen LogP contribution in [0.1, 0.15) is 57.4 Å². The second kappa shape index (κ2) is 14.0. The Labute approximate surface area is 216 Å². The first-order valence-electron chi connectivity index (χ1n) is 12.2. The molecule has 0 radical (unpaired) electrons. The van der Waals surface area contributed by atoms with E-state index in [0.29, 0.717) is 12.6 Å². The average molecular weight is 572 g/mol. The lowest BCUT2D eigenvalue weighted by atomic mass is 9.78. The Morgan fingerprint density at radius 3 is 2.58 bits per heavy atom. The molecule has 1 saturated heterocycles. The van der Waals surface area contributed by atoms with Crippen LogP contribution in [0, 0.1) is 0 Å². The number of nitrogens with zero attached hydrogens (tertiary/aromatic N) is 2. The summed E-state index contributed by atoms with van der Waals surface area (Å²) < 4.78 is 5.47. The maximum absolute atomic E-state index is 12.0. The van der Waals surface area contributed by atoms with Crippen molar-refractivity contribution in [2.24, 2.45) is 4.99 Å². The molecule has 0 unspecified atom stereocenters. The highest BCUT2D eigenvalue weighted by Crippen LogP contribution is 2.41. The van der Waals surface area contributed by atoms with Crippen molar-refractivity contribution >= 4 is 35.8 Å². The smallest absolute Gasteiger partial charge is 0.234 e. The minimum Gasteiger partial charge on any atom is -0.497 e. The lowest BCUT2D eigenvalue weighted by Crippen LogP contribution is -2.51. The fourth-order valence-electron chi connectivity index (χ4n) is 4.97. The van der Waals surface area contributed by atoms with Gasteiger partial charge in [-0.05, 0) is 49.8 Å². The molecule has 2 aliphatic rings. The van der Waals surface area contributed by atoms with Gasteiger partial charge in [0.25, 0.3) is 0 Å². The topological polar surface area (TPSA) is 78.0 Å². The molecule has 1 amide bonds. The van der Waals surface area contributed by atoms with Gasteiger partial charge >= 0.3 is 0 Å². The molecule has 33 heavy (non-hydrogen) atoms. The van der Waals surface area contributed by atoms with Crippen molar-refractivity contribution in [1.29, 1.82) is 0 Å². The monoisotopic (exact) mass is 571 g/mol. The predicted molar refractivity (Wildman–Crippen MR) is 146 cm³/mol. The van der Waals surface area contributed by atoms with Crippen molar-refractivity contribution < 1.29 is 9.53 Å². The zero-order valence-corrected chi connectivity index (χ0v) is 22.8. The van der Waals surface area contributed by atoms with E-state index in [2.05, 4.69) is 51.0 Å². The van der Waals surface area contributed by atoms with Gasteiger partial charge in [0, 0.05) is 44.7 Å². The molecule has 1 aliphatic carbocycles. The van der Waals surface area contributed by atoms with Crippen LogP contribution in [0.25, 0.3) is 0 Å². The third-order valence-electron chi connectivity index (χ3n) is 6.93. The number of carbonyl (C=O) groups is 1. The van der Waals surface area contributed by atoms with Crippen LogP contribution in [0.4, 0.5) is 0 Å². The van der Waals surface area contributed by atoms with Gasteiger partial charge in [0.2, 0.25) is 5.91 Å². The molecular weight excluding hydrogens is 529 g/mol. The van der Waals surface area contributed by atoms with Crippen LogP contribution in [0.3, 0.4) is 0 Å². The van der Waals surface area contributed by atoms with E-state index >= 15 is 0 Å². The molecule has 0 spiro atoms. The summed E-state index contributed by atoms with van der Waals surface area (Å²) in [6, 6.07) is 8.91. The number of piperidine rings is 1. The molecule has 1 heterocycles. The third kappa shape index (κ3) is 8.02. The van der Waals surface area contributed by atoms with E-state index in [-0.39, 0.29) is 35.3 Å². The number of guanidine groups is 1. The van der Waals surface area contributed by atoms with Gasteiger partial charge in [-0.2, -0.15) is 0 Å². The van der Waals surface area contributed by atoms with Gasteiger partial charge in [0.1, 0.15) is 5.75 Å². The number of methoxy groups -OCH3 is 1. The van der Waals surface area contributed by atoms with E-state index in [4.69, 9.17) is 4.74 Å². The minimum atomic E-state index is 0. The number of aliphatic imine (C=N–C) groups is 1. The fourth-order valence-corrected chi connectivity index (χ4v) is 4.97. The Kier molecular flexibility index (Phi) is 11.7. The number of likely N-dealkylation sites (tertiary alicyclic amines) is 1. The highest BCUT2D eigenvalue weighted by Gasteiger charge is 2.36. The maximum atomic E-state index is 12.0. The normalized spacial score (nSPS) is 18.9. The van der Waals surface area contributed by atoms with Gasteiger partial charge in [-0.1, -0.05) is 31.9 Å². The summed E-state index contributed by atoms with van der Waals surface area (Å²) in [5.74, 6) is 1.93. The molecule has 3 N–H and O–H groups in total. The Morgan fingerprint density at radius 2 is 1.94 bits per heavy atom. The first-order valence-corrected chi connectivity index (χ1v) is 12.2. The van der Waals surface area contributed by atoms with Crippen LogP contribution in [-0.2, 0) is 10.2 Å². The summed E-state index contributed by atoms with van der Waals surface area (Å²) in [4.78, 5) is 18.7. The summed E-state index contributed by atoms with van der Waals surface area (Å²) in [5.41, 5.74) is 1.48. The molecule has 3 rings (SSSR count). The highest BCUT2D eigenvalue weighted by atomic mass is 127. The molecule has 0 atom stereocenters. The number of carbonyl (C=O) groups excluding carboxylic acids is 1. The molecule has 186 valence electrons. The maximum Gasteiger partial charge on any atom is 0.234 e. The minimum absolute atomic E-state index is 0. The molecule has 0 bridgehead atoms. The summed E-state index contributed by atoms with van der Waals surface area (Å²) in [6.07, 6.45) is 7.89. The molecule has 1 aromatic carbocycles. The van der Waals surface area contributed by atoms with Crippen LogP contribution in [0.2, 0.25) is 0 Å². The number of halogens is 1. The Bertz CT molecular complexity index is 759. The quantitative estimate of drug-likeness (QED) is 0.241. The lowest BCUT2D eigenvalue weighted by Gasteiger charge is -2.34. The van der Waals surface area contributed by atoms with Gasteiger partial charge in [0.15, 0.2) is 5.96 Å². The van der Waals surface area contributed by atoms with Gasteiger partial charge in [0.05, 0.1) is 13.7 Å². The van der Waals surface area contributed by atoms with Crippen molar-refractivity contribution in [3.63, 3.8) is 0 Å². The van der Waals surface area contributed by atoms with Gasteiger partial charge in [-0.3, -0.25) is 14.7 Å².